The van der Waals surface area contributed by atoms with Crippen LogP contribution < -0.4 is 18.9 Å². The van der Waals surface area contributed by atoms with Crippen LogP contribution in [0, 0.1) is 0 Å². The van der Waals surface area contributed by atoms with E-state index in [4.69, 9.17) is 18.9 Å². The van der Waals surface area contributed by atoms with Gasteiger partial charge in [-0.3, -0.25) is 4.79 Å². The van der Waals surface area contributed by atoms with Crippen molar-refractivity contribution in [1.82, 2.24) is 0 Å². The number of ketones is 1. The van der Waals surface area contributed by atoms with Gasteiger partial charge < -0.3 is 23.7 Å². The van der Waals surface area contributed by atoms with E-state index < -0.39 is 16.9 Å². The highest BCUT2D eigenvalue weighted by atomic mass is 79.9. The van der Waals surface area contributed by atoms with Crippen molar-refractivity contribution in [2.24, 2.45) is 0 Å². The average Bonchev–Trinajstić information content (AvgIpc) is 2.78. The number of fused-ring (bicyclic) bond motifs is 1. The van der Waals surface area contributed by atoms with Crippen LogP contribution in [0.2, 0.25) is 0 Å². The standard InChI is InChI=1S/C22H21BrO7/c1-26-14-8-6-13(11-16(14)28-3)21-19(23)20(25)18-12(7-10-17(24)29-4)5-9-15(27-2)22(18)30-21/h5-11,19,21H,1-4H3/b10-7+. The summed E-state index contributed by atoms with van der Waals surface area (Å²) in [6.07, 6.45) is 2.14. The Bertz CT molecular complexity index is 999. The minimum Gasteiger partial charge on any atom is -0.493 e. The third-order valence-electron chi connectivity index (χ3n) is 4.72. The number of hydrogen-bond donors (Lipinski definition) is 0. The Morgan fingerprint density at radius 3 is 2.30 bits per heavy atom. The maximum absolute atomic E-state index is 13.3. The smallest absolute Gasteiger partial charge is 0.330 e. The fraction of sp³-hybridized carbons (Fsp3) is 0.273. The number of Topliss-reactive ketones (excluding diaryl/α,β-unsaturated/α-hetero) is 1. The molecule has 0 radical (unpaired) electrons. The molecule has 0 aromatic heterocycles. The molecule has 0 saturated carbocycles. The highest BCUT2D eigenvalue weighted by Crippen LogP contribution is 2.46. The second-order valence-electron chi connectivity index (χ2n) is 6.34. The van der Waals surface area contributed by atoms with E-state index in [-0.39, 0.29) is 5.78 Å². The Morgan fingerprint density at radius 1 is 1.00 bits per heavy atom. The summed E-state index contributed by atoms with van der Waals surface area (Å²) in [5.74, 6) is 1.10. The number of methoxy groups -OCH3 is 4. The van der Waals surface area contributed by atoms with E-state index in [0.717, 1.165) is 5.56 Å². The molecule has 0 amide bonds. The third-order valence-corrected chi connectivity index (χ3v) is 5.61. The van der Waals surface area contributed by atoms with Gasteiger partial charge in [0, 0.05) is 6.08 Å². The number of rotatable bonds is 6. The molecule has 2 unspecified atom stereocenters. The number of halogens is 1. The molecule has 7 nitrogen and oxygen atoms in total. The van der Waals surface area contributed by atoms with E-state index in [1.165, 1.54) is 26.4 Å². The van der Waals surface area contributed by atoms with Crippen LogP contribution in [0.15, 0.2) is 36.4 Å². The van der Waals surface area contributed by atoms with Crippen molar-refractivity contribution in [2.75, 3.05) is 28.4 Å². The van der Waals surface area contributed by atoms with Crippen molar-refractivity contribution in [1.29, 1.82) is 0 Å². The molecule has 2 aromatic carbocycles. The van der Waals surface area contributed by atoms with E-state index in [1.807, 2.05) is 6.07 Å². The van der Waals surface area contributed by atoms with Gasteiger partial charge in [-0.15, -0.1) is 0 Å². The van der Waals surface area contributed by atoms with Crippen molar-refractivity contribution < 1.29 is 33.3 Å². The molecule has 2 aromatic rings. The van der Waals surface area contributed by atoms with Gasteiger partial charge in [0.2, 0.25) is 0 Å². The minimum absolute atomic E-state index is 0.195. The van der Waals surface area contributed by atoms with Gasteiger partial charge in [0.15, 0.2) is 28.8 Å². The van der Waals surface area contributed by atoms with Crippen LogP contribution in [-0.2, 0) is 9.53 Å². The van der Waals surface area contributed by atoms with Gasteiger partial charge in [0.1, 0.15) is 10.9 Å². The molecule has 1 heterocycles. The number of ether oxygens (including phenoxy) is 5. The normalized spacial score (nSPS) is 17.8. The van der Waals surface area contributed by atoms with Crippen molar-refractivity contribution >= 4 is 33.8 Å². The van der Waals surface area contributed by atoms with E-state index >= 15 is 0 Å². The Hall–Kier alpha value is -3.00. The zero-order valence-corrected chi connectivity index (χ0v) is 18.5. The second-order valence-corrected chi connectivity index (χ2v) is 7.32. The van der Waals surface area contributed by atoms with Gasteiger partial charge in [-0.25, -0.2) is 4.79 Å². The maximum atomic E-state index is 13.3. The molecule has 1 aliphatic rings. The topological polar surface area (TPSA) is 80.3 Å². The lowest BCUT2D eigenvalue weighted by atomic mass is 9.92. The zero-order chi connectivity index (χ0) is 21.8. The molecular weight excluding hydrogens is 456 g/mol. The fourth-order valence-corrected chi connectivity index (χ4v) is 3.85. The van der Waals surface area contributed by atoms with Crippen LogP contribution in [-0.4, -0.2) is 45.0 Å². The van der Waals surface area contributed by atoms with Gasteiger partial charge >= 0.3 is 5.97 Å². The van der Waals surface area contributed by atoms with Crippen molar-refractivity contribution in [3.05, 3.63) is 53.1 Å². The van der Waals surface area contributed by atoms with Crippen LogP contribution in [0.25, 0.3) is 6.08 Å². The summed E-state index contributed by atoms with van der Waals surface area (Å²) in [5.41, 5.74) is 1.58. The SMILES string of the molecule is COC(=O)/C=C/c1ccc(OC)c2c1C(=O)C(Br)C(c1ccc(OC)c(OC)c1)O2. The second kappa shape index (κ2) is 9.21. The lowest BCUT2D eigenvalue weighted by Crippen LogP contribution is -2.33. The lowest BCUT2D eigenvalue weighted by molar-refractivity contribution is -0.134. The molecule has 1 aliphatic heterocycles. The lowest BCUT2D eigenvalue weighted by Gasteiger charge is -2.31. The molecule has 0 bridgehead atoms. The molecule has 158 valence electrons. The summed E-state index contributed by atoms with van der Waals surface area (Å²) in [7, 11) is 5.88. The molecule has 3 rings (SSSR count). The average molecular weight is 477 g/mol. The van der Waals surface area contributed by atoms with Crippen LogP contribution in [0.4, 0.5) is 0 Å². The number of alkyl halides is 1. The summed E-state index contributed by atoms with van der Waals surface area (Å²) in [6.45, 7) is 0. The van der Waals surface area contributed by atoms with Crippen molar-refractivity contribution in [3.8, 4) is 23.0 Å². The van der Waals surface area contributed by atoms with Crippen LogP contribution >= 0.6 is 15.9 Å². The van der Waals surface area contributed by atoms with E-state index in [1.54, 1.807) is 38.5 Å². The van der Waals surface area contributed by atoms with Gasteiger partial charge in [-0.1, -0.05) is 28.1 Å². The molecule has 0 aliphatic carbocycles. The van der Waals surface area contributed by atoms with Crippen molar-refractivity contribution in [2.45, 2.75) is 10.9 Å². The van der Waals surface area contributed by atoms with E-state index in [9.17, 15) is 9.59 Å². The molecule has 0 N–H and O–H groups in total. The van der Waals surface area contributed by atoms with Gasteiger partial charge in [0.25, 0.3) is 0 Å². The van der Waals surface area contributed by atoms with E-state index in [2.05, 4.69) is 20.7 Å². The molecule has 2 atom stereocenters. The molecule has 8 heteroatoms. The summed E-state index contributed by atoms with van der Waals surface area (Å²) in [6, 6.07) is 8.71. The zero-order valence-electron chi connectivity index (χ0n) is 16.9. The Labute approximate surface area is 182 Å². The predicted molar refractivity (Wildman–Crippen MR) is 114 cm³/mol. The Balaban J connectivity index is 2.08. The Morgan fingerprint density at radius 2 is 1.67 bits per heavy atom. The van der Waals surface area contributed by atoms with Gasteiger partial charge in [-0.05, 0) is 35.4 Å². The number of hydrogen-bond acceptors (Lipinski definition) is 7. The number of carbonyl (C=O) groups excluding carboxylic acids is 2. The molecule has 0 spiro atoms. The fourth-order valence-electron chi connectivity index (χ4n) is 3.20. The van der Waals surface area contributed by atoms with Crippen LogP contribution in [0.1, 0.15) is 27.6 Å². The third kappa shape index (κ3) is 4.00. The first kappa shape index (κ1) is 21.7. The monoisotopic (exact) mass is 476 g/mol. The summed E-state index contributed by atoms with van der Waals surface area (Å²) < 4.78 is 26.9. The maximum Gasteiger partial charge on any atom is 0.330 e. The first-order valence-electron chi connectivity index (χ1n) is 8.99. The van der Waals surface area contributed by atoms with Crippen LogP contribution in [0.5, 0.6) is 23.0 Å². The van der Waals surface area contributed by atoms with E-state index in [0.29, 0.717) is 34.1 Å². The highest BCUT2D eigenvalue weighted by Gasteiger charge is 2.39. The molecule has 30 heavy (non-hydrogen) atoms. The number of esters is 1. The van der Waals surface area contributed by atoms with Crippen LogP contribution in [0.3, 0.4) is 0 Å². The molecular formula is C22H21BrO7. The summed E-state index contributed by atoms with van der Waals surface area (Å²) in [5, 5.41) is 0. The largest absolute Gasteiger partial charge is 0.493 e. The summed E-state index contributed by atoms with van der Waals surface area (Å²) >= 11 is 3.48. The first-order valence-corrected chi connectivity index (χ1v) is 9.90. The number of carbonyl (C=O) groups is 2. The molecule has 0 saturated heterocycles. The van der Waals surface area contributed by atoms with Gasteiger partial charge in [0.05, 0.1) is 34.0 Å². The van der Waals surface area contributed by atoms with Gasteiger partial charge in [-0.2, -0.15) is 0 Å². The first-order chi connectivity index (χ1) is 14.4. The highest BCUT2D eigenvalue weighted by molar-refractivity contribution is 9.10. The Kier molecular flexibility index (Phi) is 6.66. The molecule has 0 fully saturated rings. The minimum atomic E-state index is -0.666. The quantitative estimate of drug-likeness (QED) is 0.354. The van der Waals surface area contributed by atoms with Crippen molar-refractivity contribution in [3.63, 3.8) is 0 Å². The predicted octanol–water partition coefficient (Wildman–Crippen LogP) is 3.98. The summed E-state index contributed by atoms with van der Waals surface area (Å²) in [4.78, 5) is 24.1. The number of benzene rings is 2.